The van der Waals surface area contributed by atoms with Crippen molar-refractivity contribution >= 4 is 5.82 Å². The molecule has 0 aliphatic carbocycles. The first-order valence-corrected chi connectivity index (χ1v) is 6.17. The third-order valence-electron chi connectivity index (χ3n) is 2.83. The largest absolute Gasteiger partial charge is 0.416 e. The number of hydrogen-bond acceptors (Lipinski definition) is 3. The molecule has 2 rings (SSSR count). The van der Waals surface area contributed by atoms with Gasteiger partial charge in [0.15, 0.2) is 0 Å². The van der Waals surface area contributed by atoms with Gasteiger partial charge in [0.1, 0.15) is 11.6 Å². The number of nitrogens with zero attached hydrogens (tertiary/aromatic N) is 2. The van der Waals surface area contributed by atoms with Crippen LogP contribution in [0, 0.1) is 0 Å². The van der Waals surface area contributed by atoms with Crippen molar-refractivity contribution in [3.05, 3.63) is 41.7 Å². The molecule has 0 saturated heterocycles. The van der Waals surface area contributed by atoms with Crippen LogP contribution in [-0.2, 0) is 12.6 Å². The minimum absolute atomic E-state index is 0.424. The van der Waals surface area contributed by atoms with Crippen LogP contribution in [-0.4, -0.2) is 17.0 Å². The molecule has 1 heterocycles. The lowest BCUT2D eigenvalue weighted by Crippen LogP contribution is -2.05. The summed E-state index contributed by atoms with van der Waals surface area (Å²) in [5, 5.41) is 2.88. The number of alkyl halides is 3. The summed E-state index contributed by atoms with van der Waals surface area (Å²) in [6, 6.07) is 6.77. The molecular formula is C14H14F3N3. The van der Waals surface area contributed by atoms with E-state index in [1.165, 1.54) is 6.07 Å². The average molecular weight is 281 g/mol. The number of anilines is 1. The van der Waals surface area contributed by atoms with E-state index in [1.54, 1.807) is 19.2 Å². The number of aromatic nitrogens is 2. The number of hydrogen-bond donors (Lipinski definition) is 1. The zero-order chi connectivity index (χ0) is 14.8. The molecular weight excluding hydrogens is 267 g/mol. The first-order chi connectivity index (χ1) is 9.44. The first kappa shape index (κ1) is 14.3. The molecule has 0 unspecified atom stereocenters. The Labute approximate surface area is 114 Å². The highest BCUT2D eigenvalue weighted by Gasteiger charge is 2.30. The van der Waals surface area contributed by atoms with E-state index in [-0.39, 0.29) is 0 Å². The van der Waals surface area contributed by atoms with Gasteiger partial charge in [-0.05, 0) is 12.1 Å². The Kier molecular flexibility index (Phi) is 3.92. The van der Waals surface area contributed by atoms with Crippen LogP contribution in [0.2, 0.25) is 0 Å². The van der Waals surface area contributed by atoms with Crippen molar-refractivity contribution in [1.29, 1.82) is 0 Å². The average Bonchev–Trinajstić information content (AvgIpc) is 2.46. The minimum atomic E-state index is -4.36. The molecule has 0 atom stereocenters. The maximum Gasteiger partial charge on any atom is 0.416 e. The van der Waals surface area contributed by atoms with E-state index < -0.39 is 11.7 Å². The summed E-state index contributed by atoms with van der Waals surface area (Å²) in [5.74, 6) is 1.17. The Morgan fingerprint density at radius 2 is 1.90 bits per heavy atom. The Hall–Kier alpha value is -2.11. The molecule has 1 aromatic heterocycles. The molecule has 0 radical (unpaired) electrons. The van der Waals surface area contributed by atoms with Crippen molar-refractivity contribution in [3.8, 4) is 11.3 Å². The number of aryl methyl sites for hydroxylation is 1. The van der Waals surface area contributed by atoms with Crippen LogP contribution in [0.3, 0.4) is 0 Å². The molecule has 106 valence electrons. The van der Waals surface area contributed by atoms with Crippen molar-refractivity contribution in [1.82, 2.24) is 9.97 Å². The Morgan fingerprint density at radius 3 is 2.50 bits per heavy atom. The summed E-state index contributed by atoms with van der Waals surface area (Å²) in [7, 11) is 1.71. The number of halogens is 3. The van der Waals surface area contributed by atoms with Gasteiger partial charge in [-0.1, -0.05) is 19.1 Å². The molecule has 1 aromatic carbocycles. The Morgan fingerprint density at radius 1 is 1.15 bits per heavy atom. The van der Waals surface area contributed by atoms with Crippen LogP contribution in [0.4, 0.5) is 19.0 Å². The quantitative estimate of drug-likeness (QED) is 0.930. The van der Waals surface area contributed by atoms with E-state index in [0.29, 0.717) is 29.3 Å². The molecule has 6 heteroatoms. The molecule has 3 nitrogen and oxygen atoms in total. The zero-order valence-electron chi connectivity index (χ0n) is 11.1. The van der Waals surface area contributed by atoms with Crippen molar-refractivity contribution in [2.24, 2.45) is 0 Å². The molecule has 0 saturated carbocycles. The minimum Gasteiger partial charge on any atom is -0.373 e. The lowest BCUT2D eigenvalue weighted by atomic mass is 10.1. The second kappa shape index (κ2) is 5.48. The van der Waals surface area contributed by atoms with Crippen LogP contribution in [0.1, 0.15) is 18.3 Å². The van der Waals surface area contributed by atoms with Crippen LogP contribution < -0.4 is 5.32 Å². The predicted octanol–water partition coefficient (Wildman–Crippen LogP) is 3.77. The van der Waals surface area contributed by atoms with Gasteiger partial charge in [-0.3, -0.25) is 0 Å². The molecule has 0 bridgehead atoms. The number of benzene rings is 1. The molecule has 2 aromatic rings. The van der Waals surface area contributed by atoms with Crippen molar-refractivity contribution in [2.45, 2.75) is 19.5 Å². The van der Waals surface area contributed by atoms with Crippen LogP contribution in [0.25, 0.3) is 11.3 Å². The second-order valence-electron chi connectivity index (χ2n) is 4.24. The van der Waals surface area contributed by atoms with E-state index in [9.17, 15) is 13.2 Å². The highest BCUT2D eigenvalue weighted by molar-refractivity contribution is 5.63. The molecule has 0 spiro atoms. The third kappa shape index (κ3) is 3.07. The maximum absolute atomic E-state index is 12.7. The lowest BCUT2D eigenvalue weighted by molar-refractivity contribution is -0.137. The van der Waals surface area contributed by atoms with E-state index in [2.05, 4.69) is 15.3 Å². The predicted molar refractivity (Wildman–Crippen MR) is 71.4 cm³/mol. The van der Waals surface area contributed by atoms with Crippen molar-refractivity contribution in [3.63, 3.8) is 0 Å². The summed E-state index contributed by atoms with van der Waals surface area (Å²) in [4.78, 5) is 8.50. The zero-order valence-corrected chi connectivity index (χ0v) is 11.1. The molecule has 1 N–H and O–H groups in total. The fourth-order valence-electron chi connectivity index (χ4n) is 1.79. The lowest BCUT2D eigenvalue weighted by Gasteiger charge is -2.10. The van der Waals surface area contributed by atoms with Gasteiger partial charge in [0.25, 0.3) is 0 Å². The maximum atomic E-state index is 12.7. The van der Waals surface area contributed by atoms with Crippen LogP contribution in [0.15, 0.2) is 30.3 Å². The Bertz CT molecular complexity index is 587. The van der Waals surface area contributed by atoms with Gasteiger partial charge in [0.2, 0.25) is 0 Å². The van der Waals surface area contributed by atoms with Gasteiger partial charge in [-0.25, -0.2) is 9.97 Å². The van der Waals surface area contributed by atoms with Gasteiger partial charge >= 0.3 is 6.18 Å². The first-order valence-electron chi connectivity index (χ1n) is 6.17. The summed E-state index contributed by atoms with van der Waals surface area (Å²) in [5.41, 5.74) is 0.221. The monoisotopic (exact) mass is 281 g/mol. The van der Waals surface area contributed by atoms with E-state index >= 15 is 0 Å². The van der Waals surface area contributed by atoms with E-state index in [1.807, 2.05) is 6.92 Å². The van der Waals surface area contributed by atoms with Crippen molar-refractivity contribution < 1.29 is 13.2 Å². The van der Waals surface area contributed by atoms with Gasteiger partial charge in [0.05, 0.1) is 11.3 Å². The topological polar surface area (TPSA) is 37.8 Å². The molecule has 0 aliphatic heterocycles. The Balaban J connectivity index is 2.51. The van der Waals surface area contributed by atoms with Gasteiger partial charge in [-0.15, -0.1) is 0 Å². The van der Waals surface area contributed by atoms with E-state index in [4.69, 9.17) is 0 Å². The molecule has 0 aliphatic rings. The fourth-order valence-corrected chi connectivity index (χ4v) is 1.79. The smallest absolute Gasteiger partial charge is 0.373 e. The van der Waals surface area contributed by atoms with Gasteiger partial charge < -0.3 is 5.32 Å². The van der Waals surface area contributed by atoms with Crippen LogP contribution in [0.5, 0.6) is 0 Å². The highest BCUT2D eigenvalue weighted by Crippen LogP contribution is 2.32. The third-order valence-corrected chi connectivity index (χ3v) is 2.83. The summed E-state index contributed by atoms with van der Waals surface area (Å²) >= 11 is 0. The summed E-state index contributed by atoms with van der Waals surface area (Å²) in [6.45, 7) is 1.89. The van der Waals surface area contributed by atoms with Crippen molar-refractivity contribution in [2.75, 3.05) is 12.4 Å². The van der Waals surface area contributed by atoms with E-state index in [0.717, 1.165) is 12.1 Å². The number of nitrogens with one attached hydrogen (secondary N) is 1. The SMILES string of the molecule is CCc1nc(NC)cc(-c2cccc(C(F)(F)F)c2)n1. The summed E-state index contributed by atoms with van der Waals surface area (Å²) < 4.78 is 38.2. The molecule has 20 heavy (non-hydrogen) atoms. The second-order valence-corrected chi connectivity index (χ2v) is 4.24. The standard InChI is InChI=1S/C14H14F3N3/c1-3-12-19-11(8-13(18-2)20-12)9-5-4-6-10(7-9)14(15,16)17/h4-8H,3H2,1-2H3,(H,18,19,20). The van der Waals surface area contributed by atoms with Gasteiger partial charge in [-0.2, -0.15) is 13.2 Å². The highest BCUT2D eigenvalue weighted by atomic mass is 19.4. The normalized spacial score (nSPS) is 11.4. The van der Waals surface area contributed by atoms with Crippen LogP contribution >= 0.6 is 0 Å². The van der Waals surface area contributed by atoms with Gasteiger partial charge in [0, 0.05) is 25.1 Å². The number of rotatable bonds is 3. The fraction of sp³-hybridized carbons (Fsp3) is 0.286. The summed E-state index contributed by atoms with van der Waals surface area (Å²) in [6.07, 6.45) is -3.75. The molecule has 0 amide bonds. The molecule has 0 fully saturated rings.